The van der Waals surface area contributed by atoms with Gasteiger partial charge in [0.15, 0.2) is 5.84 Å². The molecule has 106 valence electrons. The summed E-state index contributed by atoms with van der Waals surface area (Å²) in [5, 5.41) is 12.8. The number of aromatic nitrogens is 1. The fraction of sp³-hybridized carbons (Fsp3) is 0.0625. The molecule has 0 fully saturated rings. The summed E-state index contributed by atoms with van der Waals surface area (Å²) in [6.45, 7) is 0.556. The van der Waals surface area contributed by atoms with E-state index in [1.807, 2.05) is 35.0 Å². The van der Waals surface area contributed by atoms with Gasteiger partial charge in [0.2, 0.25) is 0 Å². The first-order valence-electron chi connectivity index (χ1n) is 6.48. The summed E-state index contributed by atoms with van der Waals surface area (Å²) in [6.07, 6.45) is 1.94. The summed E-state index contributed by atoms with van der Waals surface area (Å²) in [4.78, 5) is 0. The van der Waals surface area contributed by atoms with E-state index in [0.29, 0.717) is 12.1 Å². The number of halogens is 1. The molecule has 2 aromatic carbocycles. The van der Waals surface area contributed by atoms with Gasteiger partial charge in [0, 0.05) is 23.8 Å². The van der Waals surface area contributed by atoms with Crippen molar-refractivity contribution >= 4 is 16.7 Å². The van der Waals surface area contributed by atoms with Crippen LogP contribution in [0.15, 0.2) is 59.9 Å². The molecule has 0 bridgehead atoms. The third-order valence-electron chi connectivity index (χ3n) is 3.42. The minimum Gasteiger partial charge on any atom is -0.409 e. The molecule has 0 aliphatic heterocycles. The van der Waals surface area contributed by atoms with Crippen LogP contribution in [0, 0.1) is 5.82 Å². The number of hydrogen-bond acceptors (Lipinski definition) is 2. The Kier molecular flexibility index (Phi) is 3.31. The number of nitrogens with zero attached hydrogens (tertiary/aromatic N) is 2. The molecule has 0 radical (unpaired) electrons. The van der Waals surface area contributed by atoms with Crippen molar-refractivity contribution < 1.29 is 9.60 Å². The fourth-order valence-electron chi connectivity index (χ4n) is 2.37. The largest absolute Gasteiger partial charge is 0.409 e. The lowest BCUT2D eigenvalue weighted by molar-refractivity contribution is 0.318. The lowest BCUT2D eigenvalue weighted by atomic mass is 10.1. The Hall–Kier alpha value is -2.82. The summed E-state index contributed by atoms with van der Waals surface area (Å²) < 4.78 is 15.3. The molecule has 3 rings (SSSR count). The van der Waals surface area contributed by atoms with Gasteiger partial charge in [0.25, 0.3) is 0 Å². The van der Waals surface area contributed by atoms with Crippen molar-refractivity contribution in [1.29, 1.82) is 0 Å². The number of fused-ring (bicyclic) bond motifs is 1. The van der Waals surface area contributed by atoms with Crippen molar-refractivity contribution in [3.8, 4) is 0 Å². The maximum Gasteiger partial charge on any atom is 0.170 e. The molecule has 4 nitrogen and oxygen atoms in total. The van der Waals surface area contributed by atoms with Gasteiger partial charge in [0.05, 0.1) is 0 Å². The van der Waals surface area contributed by atoms with Gasteiger partial charge in [-0.3, -0.25) is 0 Å². The van der Waals surface area contributed by atoms with E-state index in [4.69, 9.17) is 10.9 Å². The van der Waals surface area contributed by atoms with Crippen LogP contribution in [0.25, 0.3) is 10.9 Å². The zero-order chi connectivity index (χ0) is 14.8. The third-order valence-corrected chi connectivity index (χ3v) is 3.42. The molecular weight excluding hydrogens is 269 g/mol. The molecule has 0 aliphatic rings. The standard InChI is InChI=1S/C16H14FN3O/c17-14-3-1-2-11(8-14)10-20-7-6-12-4-5-13(9-15(12)20)16(18)19-21/h1-9,21H,10H2,(H2,18,19). The van der Waals surface area contributed by atoms with E-state index < -0.39 is 0 Å². The van der Waals surface area contributed by atoms with E-state index in [1.165, 1.54) is 12.1 Å². The summed E-state index contributed by atoms with van der Waals surface area (Å²) >= 11 is 0. The molecule has 3 N–H and O–H groups in total. The normalized spacial score (nSPS) is 12.0. The van der Waals surface area contributed by atoms with Crippen molar-refractivity contribution in [2.75, 3.05) is 0 Å². The Labute approximate surface area is 120 Å². The second kappa shape index (κ2) is 5.28. The molecule has 0 saturated carbocycles. The van der Waals surface area contributed by atoms with Gasteiger partial charge in [-0.1, -0.05) is 29.4 Å². The number of amidine groups is 1. The Morgan fingerprint density at radius 3 is 2.81 bits per heavy atom. The van der Waals surface area contributed by atoms with Crippen molar-refractivity contribution in [2.45, 2.75) is 6.54 Å². The number of nitrogens with two attached hydrogens (primary N) is 1. The van der Waals surface area contributed by atoms with Crippen LogP contribution in [0.3, 0.4) is 0 Å². The van der Waals surface area contributed by atoms with E-state index in [2.05, 4.69) is 5.16 Å². The minimum atomic E-state index is -0.249. The second-order valence-electron chi connectivity index (χ2n) is 4.83. The van der Waals surface area contributed by atoms with E-state index in [9.17, 15) is 4.39 Å². The van der Waals surface area contributed by atoms with Crippen LogP contribution in [-0.2, 0) is 6.54 Å². The first-order valence-corrected chi connectivity index (χ1v) is 6.48. The zero-order valence-electron chi connectivity index (χ0n) is 11.2. The molecule has 0 unspecified atom stereocenters. The number of benzene rings is 2. The molecule has 21 heavy (non-hydrogen) atoms. The number of hydrogen-bond donors (Lipinski definition) is 2. The van der Waals surface area contributed by atoms with E-state index in [1.54, 1.807) is 12.1 Å². The molecule has 0 saturated heterocycles. The monoisotopic (exact) mass is 283 g/mol. The highest BCUT2D eigenvalue weighted by Crippen LogP contribution is 2.19. The highest BCUT2D eigenvalue weighted by molar-refractivity contribution is 6.00. The molecule has 1 aromatic heterocycles. The highest BCUT2D eigenvalue weighted by Gasteiger charge is 2.06. The predicted octanol–water partition coefficient (Wildman–Crippen LogP) is 2.92. The highest BCUT2D eigenvalue weighted by atomic mass is 19.1. The fourth-order valence-corrected chi connectivity index (χ4v) is 2.37. The Morgan fingerprint density at radius 2 is 2.05 bits per heavy atom. The first kappa shape index (κ1) is 13.2. The molecule has 0 atom stereocenters. The molecule has 0 aliphatic carbocycles. The van der Waals surface area contributed by atoms with Crippen LogP contribution >= 0.6 is 0 Å². The van der Waals surface area contributed by atoms with Crippen LogP contribution in [0.5, 0.6) is 0 Å². The summed E-state index contributed by atoms with van der Waals surface area (Å²) in [7, 11) is 0. The summed E-state index contributed by atoms with van der Waals surface area (Å²) in [5.41, 5.74) is 8.08. The van der Waals surface area contributed by atoms with Crippen molar-refractivity contribution in [1.82, 2.24) is 4.57 Å². The van der Waals surface area contributed by atoms with Crippen LogP contribution in [-0.4, -0.2) is 15.6 Å². The topological polar surface area (TPSA) is 63.5 Å². The van der Waals surface area contributed by atoms with Gasteiger partial charge in [-0.2, -0.15) is 0 Å². The number of rotatable bonds is 3. The molecular formula is C16H14FN3O. The summed E-state index contributed by atoms with van der Waals surface area (Å²) in [6, 6.07) is 14.0. The van der Waals surface area contributed by atoms with Gasteiger partial charge < -0.3 is 15.5 Å². The Bertz CT molecular complexity index is 823. The quantitative estimate of drug-likeness (QED) is 0.336. The predicted molar refractivity (Wildman–Crippen MR) is 80.0 cm³/mol. The SMILES string of the molecule is N/C(=N/O)c1ccc2ccn(Cc3cccc(F)c3)c2c1. The lowest BCUT2D eigenvalue weighted by Gasteiger charge is -2.07. The van der Waals surface area contributed by atoms with E-state index in [-0.39, 0.29) is 11.7 Å². The Morgan fingerprint density at radius 1 is 1.19 bits per heavy atom. The zero-order valence-corrected chi connectivity index (χ0v) is 11.2. The molecule has 0 amide bonds. The smallest absolute Gasteiger partial charge is 0.170 e. The maximum atomic E-state index is 13.3. The second-order valence-corrected chi connectivity index (χ2v) is 4.83. The minimum absolute atomic E-state index is 0.0652. The van der Waals surface area contributed by atoms with Gasteiger partial charge in [-0.15, -0.1) is 0 Å². The summed E-state index contributed by atoms with van der Waals surface area (Å²) in [5.74, 6) is -0.184. The van der Waals surface area contributed by atoms with Gasteiger partial charge in [-0.05, 0) is 35.2 Å². The van der Waals surface area contributed by atoms with Crippen LogP contribution in [0.4, 0.5) is 4.39 Å². The van der Waals surface area contributed by atoms with Gasteiger partial charge >= 0.3 is 0 Å². The maximum absolute atomic E-state index is 13.3. The van der Waals surface area contributed by atoms with E-state index >= 15 is 0 Å². The van der Waals surface area contributed by atoms with E-state index in [0.717, 1.165) is 16.5 Å². The molecule has 0 spiro atoms. The van der Waals surface area contributed by atoms with Crippen LogP contribution < -0.4 is 5.73 Å². The molecule has 3 aromatic rings. The number of oxime groups is 1. The average molecular weight is 283 g/mol. The lowest BCUT2D eigenvalue weighted by Crippen LogP contribution is -2.13. The van der Waals surface area contributed by atoms with Crippen LogP contribution in [0.2, 0.25) is 0 Å². The van der Waals surface area contributed by atoms with Crippen molar-refractivity contribution in [2.24, 2.45) is 10.9 Å². The average Bonchev–Trinajstić information content (AvgIpc) is 2.89. The van der Waals surface area contributed by atoms with Crippen LogP contribution in [0.1, 0.15) is 11.1 Å². The van der Waals surface area contributed by atoms with Crippen molar-refractivity contribution in [3.05, 3.63) is 71.7 Å². The van der Waals surface area contributed by atoms with Gasteiger partial charge in [0.1, 0.15) is 5.82 Å². The third kappa shape index (κ3) is 2.58. The molecule has 1 heterocycles. The van der Waals surface area contributed by atoms with Crippen molar-refractivity contribution in [3.63, 3.8) is 0 Å². The first-order chi connectivity index (χ1) is 10.2. The molecule has 5 heteroatoms. The Balaban J connectivity index is 2.02. The van der Waals surface area contributed by atoms with Gasteiger partial charge in [-0.25, -0.2) is 4.39 Å².